The first-order chi connectivity index (χ1) is 35.5. The molecule has 0 heterocycles. The van der Waals surface area contributed by atoms with Crippen LogP contribution < -0.4 is 4.74 Å². The van der Waals surface area contributed by atoms with E-state index in [0.717, 1.165) is 44.7 Å². The summed E-state index contributed by atoms with van der Waals surface area (Å²) >= 11 is 0. The fourth-order valence-electron chi connectivity index (χ4n) is 9.00. The minimum absolute atomic E-state index is 0.0723. The van der Waals surface area contributed by atoms with Gasteiger partial charge in [-0.2, -0.15) is 0 Å². The maximum Gasteiger partial charge on any atom is 0.118 e. The average Bonchev–Trinajstić information content (AvgIpc) is 3.44. The van der Waals surface area contributed by atoms with Crippen molar-refractivity contribution in [3.05, 3.63) is 245 Å². The zero-order valence-electron chi connectivity index (χ0n) is 42.4. The molecule has 7 aromatic rings. The molecule has 0 saturated carbocycles. The number of ether oxygens (including phenoxy) is 8. The maximum atomic E-state index is 7.19. The number of methoxy groups -OCH3 is 1. The lowest BCUT2D eigenvalue weighted by atomic mass is 9.82. The number of benzene rings is 7. The van der Waals surface area contributed by atoms with Crippen molar-refractivity contribution in [3.63, 3.8) is 0 Å². The lowest BCUT2D eigenvalue weighted by Gasteiger charge is -2.39. The summed E-state index contributed by atoms with van der Waals surface area (Å²) in [7, 11) is 1.68. The molecule has 0 unspecified atom stereocenters. The van der Waals surface area contributed by atoms with Gasteiger partial charge in [0.15, 0.2) is 0 Å². The lowest BCUT2D eigenvalue weighted by molar-refractivity contribution is -0.138. The van der Waals surface area contributed by atoms with Gasteiger partial charge in [-0.3, -0.25) is 0 Å². The lowest BCUT2D eigenvalue weighted by Crippen LogP contribution is -2.44. The summed E-state index contributed by atoms with van der Waals surface area (Å²) in [5.41, 5.74) is 7.72. The van der Waals surface area contributed by atoms with Crippen molar-refractivity contribution < 1.29 is 37.9 Å². The van der Waals surface area contributed by atoms with Gasteiger partial charge >= 0.3 is 0 Å². The third-order valence-corrected chi connectivity index (χ3v) is 13.2. The van der Waals surface area contributed by atoms with E-state index in [2.05, 4.69) is 135 Å². The molecule has 378 valence electrons. The molecule has 0 spiro atoms. The predicted octanol–water partition coefficient (Wildman–Crippen LogP) is 13.8. The largest absolute Gasteiger partial charge is 0.497 e. The van der Waals surface area contributed by atoms with Gasteiger partial charge in [0.2, 0.25) is 0 Å². The molecule has 8 heteroatoms. The van der Waals surface area contributed by atoms with Crippen molar-refractivity contribution in [1.82, 2.24) is 0 Å². The Kier molecular flexibility index (Phi) is 23.1. The molecule has 8 nitrogen and oxygen atoms in total. The van der Waals surface area contributed by atoms with Crippen LogP contribution in [0.5, 0.6) is 5.75 Å². The van der Waals surface area contributed by atoms with Gasteiger partial charge < -0.3 is 37.9 Å². The van der Waals surface area contributed by atoms with Gasteiger partial charge in [-0.25, -0.2) is 0 Å². The van der Waals surface area contributed by atoms with Crippen LogP contribution in [0.2, 0.25) is 0 Å². The Morgan fingerprint density at radius 2 is 0.694 bits per heavy atom. The van der Waals surface area contributed by atoms with Crippen LogP contribution >= 0.6 is 0 Å². The number of hydrogen-bond donors (Lipinski definition) is 0. The topological polar surface area (TPSA) is 73.8 Å². The van der Waals surface area contributed by atoms with Gasteiger partial charge in [0.1, 0.15) is 5.75 Å². The van der Waals surface area contributed by atoms with Crippen LogP contribution in [0.3, 0.4) is 0 Å². The molecule has 72 heavy (non-hydrogen) atoms. The van der Waals surface area contributed by atoms with Gasteiger partial charge in [0.05, 0.1) is 90.5 Å². The van der Waals surface area contributed by atoms with Crippen LogP contribution in [-0.4, -0.2) is 50.8 Å². The van der Waals surface area contributed by atoms with Crippen LogP contribution in [0.15, 0.2) is 206 Å². The molecule has 0 aliphatic carbocycles. The Hall–Kier alpha value is -5.94. The highest BCUT2D eigenvalue weighted by molar-refractivity contribution is 5.27. The smallest absolute Gasteiger partial charge is 0.118 e. The van der Waals surface area contributed by atoms with E-state index < -0.39 is 0 Å². The number of rotatable bonds is 33. The SMILES string of the molecule is COc1ccc(COCC[C@H](OCc2ccccc2)[C@H](C)[C@@H](OCc2ccccc2)[C@@H](C)[C@@H](C[C@H](C[C@@H](COCc2ccccc2)OCc2ccccc2)OCc2ccccc2)OCc2ccccc2)cc1. The highest BCUT2D eigenvalue weighted by atomic mass is 16.5. The Balaban J connectivity index is 1.17. The molecule has 0 N–H and O–H groups in total. The van der Waals surface area contributed by atoms with E-state index in [1.54, 1.807) is 7.11 Å². The van der Waals surface area contributed by atoms with E-state index in [9.17, 15) is 0 Å². The van der Waals surface area contributed by atoms with Crippen LogP contribution in [-0.2, 0) is 79.4 Å². The van der Waals surface area contributed by atoms with Crippen LogP contribution in [0.1, 0.15) is 72.1 Å². The maximum absolute atomic E-state index is 7.19. The van der Waals surface area contributed by atoms with Crippen molar-refractivity contribution in [3.8, 4) is 5.75 Å². The summed E-state index contributed by atoms with van der Waals surface area (Å²) in [6.45, 7) is 8.66. The quantitative estimate of drug-likeness (QED) is 0.0377. The van der Waals surface area contributed by atoms with E-state index >= 15 is 0 Å². The average molecular weight is 971 g/mol. The van der Waals surface area contributed by atoms with E-state index in [-0.39, 0.29) is 42.4 Å². The first-order valence-corrected chi connectivity index (χ1v) is 25.6. The molecule has 0 bridgehead atoms. The molecular formula is C64H74O8. The monoisotopic (exact) mass is 971 g/mol. The number of hydrogen-bond acceptors (Lipinski definition) is 8. The molecule has 7 atom stereocenters. The Bertz CT molecular complexity index is 2440. The van der Waals surface area contributed by atoms with Crippen molar-refractivity contribution in [1.29, 1.82) is 0 Å². The Morgan fingerprint density at radius 1 is 0.333 bits per heavy atom. The fourth-order valence-corrected chi connectivity index (χ4v) is 9.00. The standard InChI is InChI=1S/C64H74O8/c1-50(62(70-46-55-28-16-7-17-29-55)38-39-66-42-58-34-36-59(65-3)37-35-58)64(72-48-57-32-20-9-21-33-57)51(2)63(71-47-56-30-18-8-19-31-56)41-60(68-44-53-24-12-5-13-25-53)40-61(69-45-54-26-14-6-15-27-54)49-67-43-52-22-10-4-11-23-52/h4-37,50-51,60-64H,38-49H2,1-3H3/t50-,51-,60-,61-,62-,63+,64+/m0/s1. The molecule has 0 radical (unpaired) electrons. The zero-order valence-corrected chi connectivity index (χ0v) is 42.4. The predicted molar refractivity (Wildman–Crippen MR) is 286 cm³/mol. The van der Waals surface area contributed by atoms with Crippen molar-refractivity contribution in [2.24, 2.45) is 11.8 Å². The fraction of sp³-hybridized carbons (Fsp3) is 0.344. The van der Waals surface area contributed by atoms with E-state index in [1.165, 1.54) is 0 Å². The Morgan fingerprint density at radius 3 is 1.15 bits per heavy atom. The second kappa shape index (κ2) is 30.8. The molecule has 0 fully saturated rings. The first kappa shape index (κ1) is 53.8. The van der Waals surface area contributed by atoms with Crippen LogP contribution in [0, 0.1) is 11.8 Å². The van der Waals surface area contributed by atoms with Gasteiger partial charge in [0.25, 0.3) is 0 Å². The van der Waals surface area contributed by atoms with Crippen molar-refractivity contribution in [2.75, 3.05) is 20.3 Å². The van der Waals surface area contributed by atoms with Gasteiger partial charge in [0, 0.05) is 31.3 Å². The minimum Gasteiger partial charge on any atom is -0.497 e. The van der Waals surface area contributed by atoms with E-state index in [0.29, 0.717) is 78.7 Å². The molecular weight excluding hydrogens is 897 g/mol. The normalized spacial score (nSPS) is 14.4. The molecule has 0 aromatic heterocycles. The summed E-state index contributed by atoms with van der Waals surface area (Å²) in [6.07, 6.45) is 0.520. The third-order valence-electron chi connectivity index (χ3n) is 13.2. The zero-order chi connectivity index (χ0) is 49.8. The van der Waals surface area contributed by atoms with E-state index in [4.69, 9.17) is 37.9 Å². The van der Waals surface area contributed by atoms with Crippen molar-refractivity contribution >= 4 is 0 Å². The summed E-state index contributed by atoms with van der Waals surface area (Å²) in [6, 6.07) is 70.2. The summed E-state index contributed by atoms with van der Waals surface area (Å²) in [5, 5.41) is 0. The minimum atomic E-state index is -0.296. The second-order valence-corrected chi connectivity index (χ2v) is 18.6. The highest BCUT2D eigenvalue weighted by Crippen LogP contribution is 2.33. The summed E-state index contributed by atoms with van der Waals surface area (Å²) in [5.74, 6) is 0.634. The van der Waals surface area contributed by atoms with E-state index in [1.807, 2.05) is 84.9 Å². The molecule has 0 aliphatic rings. The first-order valence-electron chi connectivity index (χ1n) is 25.6. The van der Waals surface area contributed by atoms with Gasteiger partial charge in [-0.15, -0.1) is 0 Å². The Labute approximate surface area is 429 Å². The van der Waals surface area contributed by atoms with Crippen LogP contribution in [0.4, 0.5) is 0 Å². The molecule has 0 amide bonds. The molecule has 0 saturated heterocycles. The van der Waals surface area contributed by atoms with Gasteiger partial charge in [-0.1, -0.05) is 208 Å². The highest BCUT2D eigenvalue weighted by Gasteiger charge is 2.37. The summed E-state index contributed by atoms with van der Waals surface area (Å²) < 4.78 is 53.3. The van der Waals surface area contributed by atoms with Gasteiger partial charge in [-0.05, 0) is 57.5 Å². The molecule has 7 aromatic carbocycles. The summed E-state index contributed by atoms with van der Waals surface area (Å²) in [4.78, 5) is 0. The third kappa shape index (κ3) is 18.9. The van der Waals surface area contributed by atoms with Crippen molar-refractivity contribution in [2.45, 2.75) is 110 Å². The molecule has 0 aliphatic heterocycles. The van der Waals surface area contributed by atoms with Crippen LogP contribution in [0.25, 0.3) is 0 Å². The molecule has 7 rings (SSSR count). The second-order valence-electron chi connectivity index (χ2n) is 18.6.